The number of halogens is 1. The van der Waals surface area contributed by atoms with Crippen molar-refractivity contribution in [3.05, 3.63) is 111 Å². The third-order valence-corrected chi connectivity index (χ3v) is 8.30. The number of carbonyl (C=O) groups excluding carboxylic acids is 2. The van der Waals surface area contributed by atoms with Crippen molar-refractivity contribution in [3.8, 4) is 17.2 Å². The standard InChI is InChI=1S/C35H35FN8O5/c1-21(2)43-20-27(34(47)44(35(43)48)24-8-6-23(36)7-9-24)32(45)41-31-11-10-25(17-39-31)49-30-12-13-37-29-18-38-28(15-26(29)30)33(46)40-16-22-5-4-14-42(3)19-22/h6-13,15,17-18,20-22H,4-5,14,16,19H2,1-3H3,(H,40,46)(H,39,41,45). The van der Waals surface area contributed by atoms with Gasteiger partial charge in [0.05, 0.1) is 23.6 Å². The Hall–Kier alpha value is -5.76. The van der Waals surface area contributed by atoms with E-state index in [-0.39, 0.29) is 34.7 Å². The van der Waals surface area contributed by atoms with Crippen LogP contribution >= 0.6 is 0 Å². The topological polar surface area (TPSA) is 153 Å². The number of ether oxygens (including phenoxy) is 1. The molecule has 0 aliphatic carbocycles. The van der Waals surface area contributed by atoms with Gasteiger partial charge in [-0.1, -0.05) is 0 Å². The summed E-state index contributed by atoms with van der Waals surface area (Å²) in [4.78, 5) is 67.9. The number of pyridine rings is 3. The Bertz CT molecular complexity index is 2130. The minimum atomic E-state index is -0.861. The molecule has 1 fully saturated rings. The van der Waals surface area contributed by atoms with Gasteiger partial charge >= 0.3 is 5.69 Å². The Morgan fingerprint density at radius 2 is 1.82 bits per heavy atom. The molecule has 1 unspecified atom stereocenters. The van der Waals surface area contributed by atoms with Crippen LogP contribution in [0.25, 0.3) is 16.6 Å². The first-order chi connectivity index (χ1) is 23.6. The molecule has 6 rings (SSSR count). The van der Waals surface area contributed by atoms with Gasteiger partial charge in [0.15, 0.2) is 0 Å². The molecule has 0 saturated carbocycles. The van der Waals surface area contributed by atoms with Crippen LogP contribution in [0.1, 0.15) is 53.6 Å². The molecule has 1 aliphatic rings. The number of aromatic nitrogens is 5. The van der Waals surface area contributed by atoms with Gasteiger partial charge in [0.2, 0.25) is 0 Å². The number of carbonyl (C=O) groups is 2. The van der Waals surface area contributed by atoms with Crippen molar-refractivity contribution in [1.82, 2.24) is 34.3 Å². The predicted molar refractivity (Wildman–Crippen MR) is 181 cm³/mol. The lowest BCUT2D eigenvalue weighted by Crippen LogP contribution is -2.42. The fourth-order valence-corrected chi connectivity index (χ4v) is 5.75. The van der Waals surface area contributed by atoms with Crippen LogP contribution in [0.2, 0.25) is 0 Å². The second-order valence-corrected chi connectivity index (χ2v) is 12.3. The van der Waals surface area contributed by atoms with Crippen LogP contribution in [0.4, 0.5) is 10.2 Å². The van der Waals surface area contributed by atoms with Gasteiger partial charge in [-0.15, -0.1) is 0 Å². The molecule has 0 bridgehead atoms. The van der Waals surface area contributed by atoms with Gasteiger partial charge in [0, 0.05) is 36.9 Å². The summed E-state index contributed by atoms with van der Waals surface area (Å²) in [6, 6.07) is 10.8. The SMILES string of the molecule is CC(C)n1cc(C(=O)Nc2ccc(Oc3ccnc4cnc(C(=O)NCC5CCCN(C)C5)cc34)cn2)c(=O)n(-c2ccc(F)cc2)c1=O. The molecule has 2 amide bonds. The number of hydrogen-bond donors (Lipinski definition) is 2. The zero-order valence-corrected chi connectivity index (χ0v) is 27.2. The van der Waals surface area contributed by atoms with Crippen LogP contribution in [0.3, 0.4) is 0 Å². The Morgan fingerprint density at radius 3 is 2.53 bits per heavy atom. The Morgan fingerprint density at radius 1 is 1.02 bits per heavy atom. The quantitative estimate of drug-likeness (QED) is 0.236. The van der Waals surface area contributed by atoms with Crippen molar-refractivity contribution in [1.29, 1.82) is 0 Å². The zero-order chi connectivity index (χ0) is 34.7. The summed E-state index contributed by atoms with van der Waals surface area (Å²) in [5.74, 6) is -0.329. The summed E-state index contributed by atoms with van der Waals surface area (Å²) in [5, 5.41) is 6.17. The van der Waals surface area contributed by atoms with Gasteiger partial charge in [-0.05, 0) is 94.7 Å². The van der Waals surface area contributed by atoms with E-state index in [4.69, 9.17) is 4.74 Å². The van der Waals surface area contributed by atoms with Crippen molar-refractivity contribution in [2.75, 3.05) is 32.0 Å². The smallest absolute Gasteiger partial charge is 0.335 e. The molecule has 1 aromatic carbocycles. The summed E-state index contributed by atoms with van der Waals surface area (Å²) < 4.78 is 21.7. The second-order valence-electron chi connectivity index (χ2n) is 12.3. The Kier molecular flexibility index (Phi) is 9.58. The summed E-state index contributed by atoms with van der Waals surface area (Å²) >= 11 is 0. The molecule has 5 aromatic rings. The number of piperidine rings is 1. The summed E-state index contributed by atoms with van der Waals surface area (Å²) in [7, 11) is 2.08. The lowest BCUT2D eigenvalue weighted by molar-refractivity contribution is 0.0931. The number of nitrogens with zero attached hydrogens (tertiary/aromatic N) is 6. The average Bonchev–Trinajstić information content (AvgIpc) is 3.08. The minimum Gasteiger partial charge on any atom is -0.455 e. The van der Waals surface area contributed by atoms with Crippen molar-refractivity contribution in [2.24, 2.45) is 5.92 Å². The molecule has 13 nitrogen and oxygen atoms in total. The van der Waals surface area contributed by atoms with E-state index in [1.807, 2.05) is 0 Å². The van der Waals surface area contributed by atoms with Crippen LogP contribution in [0, 0.1) is 11.7 Å². The van der Waals surface area contributed by atoms with E-state index in [9.17, 15) is 23.6 Å². The first kappa shape index (κ1) is 33.2. The maximum absolute atomic E-state index is 13.5. The minimum absolute atomic E-state index is 0.124. The van der Waals surface area contributed by atoms with Crippen molar-refractivity contribution in [2.45, 2.75) is 32.7 Å². The molecule has 252 valence electrons. The van der Waals surface area contributed by atoms with Crippen molar-refractivity contribution >= 4 is 28.5 Å². The summed E-state index contributed by atoms with van der Waals surface area (Å²) in [5.41, 5.74) is -0.925. The monoisotopic (exact) mass is 666 g/mol. The van der Waals surface area contributed by atoms with Crippen LogP contribution < -0.4 is 26.6 Å². The van der Waals surface area contributed by atoms with Crippen molar-refractivity contribution < 1.29 is 18.7 Å². The van der Waals surface area contributed by atoms with Gasteiger partial charge in [0.25, 0.3) is 17.4 Å². The second kappa shape index (κ2) is 14.2. The Labute approximate surface area is 280 Å². The first-order valence-corrected chi connectivity index (χ1v) is 15.9. The number of rotatable bonds is 9. The van der Waals surface area contributed by atoms with Gasteiger partial charge < -0.3 is 20.3 Å². The molecule has 14 heteroatoms. The number of anilines is 1. The fourth-order valence-electron chi connectivity index (χ4n) is 5.75. The van der Waals surface area contributed by atoms with Crippen molar-refractivity contribution in [3.63, 3.8) is 0 Å². The van der Waals surface area contributed by atoms with Crippen LogP contribution in [0.15, 0.2) is 82.9 Å². The molecular weight excluding hydrogens is 631 g/mol. The van der Waals surface area contributed by atoms with E-state index in [0.717, 1.165) is 42.6 Å². The van der Waals surface area contributed by atoms with E-state index >= 15 is 0 Å². The molecule has 0 spiro atoms. The van der Waals surface area contributed by atoms with Gasteiger partial charge in [-0.3, -0.25) is 23.9 Å². The van der Waals surface area contributed by atoms with E-state index in [1.165, 1.54) is 41.4 Å². The van der Waals surface area contributed by atoms with Crippen LogP contribution in [-0.4, -0.2) is 67.5 Å². The van der Waals surface area contributed by atoms with Crippen LogP contribution in [-0.2, 0) is 0 Å². The van der Waals surface area contributed by atoms with E-state index < -0.39 is 23.0 Å². The number of fused-ring (bicyclic) bond motifs is 1. The molecular formula is C35H35FN8O5. The van der Waals surface area contributed by atoms with Crippen LogP contribution in [0.5, 0.6) is 11.5 Å². The van der Waals surface area contributed by atoms with Gasteiger partial charge in [-0.25, -0.2) is 23.7 Å². The number of nitrogens with one attached hydrogen (secondary N) is 2. The summed E-state index contributed by atoms with van der Waals surface area (Å²) in [6.45, 7) is 6.04. The Balaban J connectivity index is 1.18. The van der Waals surface area contributed by atoms with E-state index in [2.05, 4.69) is 37.5 Å². The molecule has 49 heavy (non-hydrogen) atoms. The highest BCUT2D eigenvalue weighted by Crippen LogP contribution is 2.29. The lowest BCUT2D eigenvalue weighted by Gasteiger charge is -2.29. The third kappa shape index (κ3) is 7.38. The zero-order valence-electron chi connectivity index (χ0n) is 27.2. The van der Waals surface area contributed by atoms with Gasteiger partial charge in [0.1, 0.15) is 34.4 Å². The highest BCUT2D eigenvalue weighted by Gasteiger charge is 2.21. The first-order valence-electron chi connectivity index (χ1n) is 15.9. The number of amides is 2. The van der Waals surface area contributed by atoms with E-state index in [0.29, 0.717) is 34.9 Å². The third-order valence-electron chi connectivity index (χ3n) is 8.30. The normalized spacial score (nSPS) is 14.9. The maximum Gasteiger partial charge on any atom is 0.335 e. The number of hydrogen-bond acceptors (Lipinski definition) is 9. The molecule has 4 aromatic heterocycles. The number of benzene rings is 1. The number of likely N-dealkylation sites (tertiary alicyclic amines) is 1. The molecule has 5 heterocycles. The largest absolute Gasteiger partial charge is 0.455 e. The molecule has 0 radical (unpaired) electrons. The molecule has 2 N–H and O–H groups in total. The fraction of sp³-hybridized carbons (Fsp3) is 0.286. The molecule has 1 saturated heterocycles. The maximum atomic E-state index is 13.5. The van der Waals surface area contributed by atoms with E-state index in [1.54, 1.807) is 38.2 Å². The molecule has 1 aliphatic heterocycles. The highest BCUT2D eigenvalue weighted by atomic mass is 19.1. The average molecular weight is 667 g/mol. The predicted octanol–water partition coefficient (Wildman–Crippen LogP) is 4.17. The van der Waals surface area contributed by atoms with Gasteiger partial charge in [-0.2, -0.15) is 0 Å². The molecule has 1 atom stereocenters. The summed E-state index contributed by atoms with van der Waals surface area (Å²) in [6.07, 6.45) is 7.86. The highest BCUT2D eigenvalue weighted by molar-refractivity contribution is 6.03. The lowest BCUT2D eigenvalue weighted by atomic mass is 9.98.